The Bertz CT molecular complexity index is 594. The molecule has 0 fully saturated rings. The fourth-order valence-corrected chi connectivity index (χ4v) is 2.64. The van der Waals surface area contributed by atoms with Crippen LogP contribution in [0.2, 0.25) is 0 Å². The third-order valence-corrected chi connectivity index (χ3v) is 3.50. The van der Waals surface area contributed by atoms with E-state index >= 15 is 0 Å². The molecule has 0 spiro atoms. The van der Waals surface area contributed by atoms with Gasteiger partial charge in [-0.2, -0.15) is 0 Å². The molecule has 0 radical (unpaired) electrons. The zero-order chi connectivity index (χ0) is 13.2. The molecule has 1 aromatic carbocycles. The van der Waals surface area contributed by atoms with Crippen molar-refractivity contribution >= 4 is 15.9 Å². The molecule has 1 aliphatic heterocycles. The highest BCUT2D eigenvalue weighted by molar-refractivity contribution is 9.10. The van der Waals surface area contributed by atoms with E-state index in [1.807, 2.05) is 31.2 Å². The van der Waals surface area contributed by atoms with Crippen LogP contribution >= 0.6 is 15.9 Å². The lowest BCUT2D eigenvalue weighted by molar-refractivity contribution is 0.173. The highest BCUT2D eigenvalue weighted by Crippen LogP contribution is 2.39. The van der Waals surface area contributed by atoms with Gasteiger partial charge in [-0.25, -0.2) is 0 Å². The van der Waals surface area contributed by atoms with Crippen LogP contribution < -0.4 is 14.8 Å². The fraction of sp³-hybridized carbons (Fsp3) is 0.286. The van der Waals surface area contributed by atoms with Gasteiger partial charge in [0.05, 0.1) is 11.0 Å². The minimum atomic E-state index is 0.288. The average molecular weight is 324 g/mol. The largest absolute Gasteiger partial charge is 0.465 e. The number of ether oxygens (including phenoxy) is 2. The van der Waals surface area contributed by atoms with Crippen molar-refractivity contribution in [1.29, 1.82) is 0 Å². The summed E-state index contributed by atoms with van der Waals surface area (Å²) < 4.78 is 17.2. The fourth-order valence-electron chi connectivity index (χ4n) is 2.03. The third kappa shape index (κ3) is 2.77. The van der Waals surface area contributed by atoms with Crippen molar-refractivity contribution in [2.75, 3.05) is 6.79 Å². The number of furan rings is 1. The third-order valence-electron chi connectivity index (χ3n) is 2.91. The molecule has 0 bridgehead atoms. The van der Waals surface area contributed by atoms with Gasteiger partial charge in [0.15, 0.2) is 11.5 Å². The second kappa shape index (κ2) is 5.27. The molecule has 0 unspecified atom stereocenters. The van der Waals surface area contributed by atoms with Crippen LogP contribution in [0.4, 0.5) is 0 Å². The first-order valence-electron chi connectivity index (χ1n) is 6.06. The SMILES string of the molecule is Cc1ccc(CNCc2cc(Br)c3c(c2)OCO3)o1. The van der Waals surface area contributed by atoms with Crippen molar-refractivity contribution in [3.63, 3.8) is 0 Å². The topological polar surface area (TPSA) is 43.6 Å². The number of aryl methyl sites for hydroxylation is 1. The molecule has 4 nitrogen and oxygen atoms in total. The van der Waals surface area contributed by atoms with Crippen LogP contribution in [0.5, 0.6) is 11.5 Å². The summed E-state index contributed by atoms with van der Waals surface area (Å²) in [5.41, 5.74) is 1.14. The van der Waals surface area contributed by atoms with Gasteiger partial charge in [-0.1, -0.05) is 0 Å². The summed E-state index contributed by atoms with van der Waals surface area (Å²) >= 11 is 3.49. The summed E-state index contributed by atoms with van der Waals surface area (Å²) in [6, 6.07) is 7.98. The molecule has 1 aliphatic rings. The number of hydrogen-bond donors (Lipinski definition) is 1. The summed E-state index contributed by atoms with van der Waals surface area (Å²) in [6.45, 7) is 3.68. The number of nitrogens with one attached hydrogen (secondary N) is 1. The Morgan fingerprint density at radius 1 is 1.21 bits per heavy atom. The highest BCUT2D eigenvalue weighted by atomic mass is 79.9. The first-order valence-corrected chi connectivity index (χ1v) is 6.86. The van der Waals surface area contributed by atoms with Gasteiger partial charge >= 0.3 is 0 Å². The predicted octanol–water partition coefficient (Wildman–Crippen LogP) is 3.37. The summed E-state index contributed by atoms with van der Waals surface area (Å²) in [4.78, 5) is 0. The molecule has 100 valence electrons. The maximum absolute atomic E-state index is 5.50. The van der Waals surface area contributed by atoms with E-state index in [4.69, 9.17) is 13.9 Å². The number of rotatable bonds is 4. The van der Waals surface area contributed by atoms with E-state index in [9.17, 15) is 0 Å². The van der Waals surface area contributed by atoms with Crippen molar-refractivity contribution in [3.8, 4) is 11.5 Å². The van der Waals surface area contributed by atoms with Gasteiger partial charge in [0.25, 0.3) is 0 Å². The zero-order valence-corrected chi connectivity index (χ0v) is 12.1. The molecule has 0 atom stereocenters. The minimum absolute atomic E-state index is 0.288. The van der Waals surface area contributed by atoms with E-state index in [0.717, 1.165) is 39.6 Å². The van der Waals surface area contributed by atoms with Gasteiger partial charge in [0.2, 0.25) is 6.79 Å². The molecule has 0 saturated heterocycles. The van der Waals surface area contributed by atoms with Crippen LogP contribution in [0.25, 0.3) is 0 Å². The highest BCUT2D eigenvalue weighted by Gasteiger charge is 2.17. The molecule has 3 rings (SSSR count). The van der Waals surface area contributed by atoms with Crippen molar-refractivity contribution in [1.82, 2.24) is 5.32 Å². The second-order valence-electron chi connectivity index (χ2n) is 4.43. The van der Waals surface area contributed by atoms with Crippen molar-refractivity contribution in [3.05, 3.63) is 45.8 Å². The van der Waals surface area contributed by atoms with Crippen molar-refractivity contribution in [2.24, 2.45) is 0 Å². The van der Waals surface area contributed by atoms with Gasteiger partial charge in [-0.15, -0.1) is 0 Å². The van der Waals surface area contributed by atoms with Crippen LogP contribution in [-0.2, 0) is 13.1 Å². The normalized spacial score (nSPS) is 12.9. The minimum Gasteiger partial charge on any atom is -0.465 e. The van der Waals surface area contributed by atoms with Crippen LogP contribution in [0.1, 0.15) is 17.1 Å². The quantitative estimate of drug-likeness (QED) is 0.936. The van der Waals surface area contributed by atoms with Crippen molar-refractivity contribution < 1.29 is 13.9 Å². The average Bonchev–Trinajstić information content (AvgIpc) is 2.98. The summed E-state index contributed by atoms with van der Waals surface area (Å²) in [5.74, 6) is 3.45. The first kappa shape index (κ1) is 12.6. The molecule has 1 aromatic heterocycles. The van der Waals surface area contributed by atoms with E-state index in [-0.39, 0.29) is 6.79 Å². The molecule has 0 saturated carbocycles. The maximum atomic E-state index is 5.50. The van der Waals surface area contributed by atoms with Gasteiger partial charge in [-0.05, 0) is 52.7 Å². The molecule has 2 heterocycles. The summed E-state index contributed by atoms with van der Waals surface area (Å²) in [5, 5.41) is 3.34. The molecular formula is C14H14BrNO3. The summed E-state index contributed by atoms with van der Waals surface area (Å²) in [6.07, 6.45) is 0. The zero-order valence-electron chi connectivity index (χ0n) is 10.5. The molecule has 19 heavy (non-hydrogen) atoms. The number of halogens is 1. The van der Waals surface area contributed by atoms with Gasteiger partial charge in [0.1, 0.15) is 11.5 Å². The standard InChI is InChI=1S/C14H14BrNO3/c1-9-2-3-11(19-9)7-16-6-10-4-12(15)14-13(5-10)17-8-18-14/h2-5,16H,6-8H2,1H3. The molecule has 1 N–H and O–H groups in total. The lowest BCUT2D eigenvalue weighted by Gasteiger charge is -2.06. The molecular weight excluding hydrogens is 310 g/mol. The molecule has 2 aromatic rings. The second-order valence-corrected chi connectivity index (χ2v) is 5.28. The van der Waals surface area contributed by atoms with Crippen LogP contribution in [0.15, 0.2) is 33.2 Å². The lowest BCUT2D eigenvalue weighted by Crippen LogP contribution is -2.12. The van der Waals surface area contributed by atoms with E-state index in [1.165, 1.54) is 0 Å². The number of hydrogen-bond acceptors (Lipinski definition) is 4. The first-order chi connectivity index (χ1) is 9.22. The number of benzene rings is 1. The van der Waals surface area contributed by atoms with Gasteiger partial charge < -0.3 is 19.2 Å². The molecule has 5 heteroatoms. The van der Waals surface area contributed by atoms with Gasteiger partial charge in [-0.3, -0.25) is 0 Å². The van der Waals surface area contributed by atoms with E-state index in [2.05, 4.69) is 21.2 Å². The monoisotopic (exact) mass is 323 g/mol. The van der Waals surface area contributed by atoms with E-state index < -0.39 is 0 Å². The Morgan fingerprint density at radius 2 is 2.11 bits per heavy atom. The Balaban J connectivity index is 1.63. The Labute approximate surface area is 119 Å². The predicted molar refractivity (Wildman–Crippen MR) is 74.3 cm³/mol. The van der Waals surface area contributed by atoms with E-state index in [1.54, 1.807) is 0 Å². The Morgan fingerprint density at radius 3 is 2.89 bits per heavy atom. The van der Waals surface area contributed by atoms with E-state index in [0.29, 0.717) is 6.54 Å². The maximum Gasteiger partial charge on any atom is 0.231 e. The molecule has 0 amide bonds. The van der Waals surface area contributed by atoms with Gasteiger partial charge in [0, 0.05) is 6.54 Å². The summed E-state index contributed by atoms with van der Waals surface area (Å²) in [7, 11) is 0. The van der Waals surface area contributed by atoms with Crippen LogP contribution in [0.3, 0.4) is 0 Å². The lowest BCUT2D eigenvalue weighted by atomic mass is 10.2. The Hall–Kier alpha value is -1.46. The Kier molecular flexibility index (Phi) is 3.48. The number of fused-ring (bicyclic) bond motifs is 1. The van der Waals surface area contributed by atoms with Crippen LogP contribution in [-0.4, -0.2) is 6.79 Å². The molecule has 0 aliphatic carbocycles. The van der Waals surface area contributed by atoms with Crippen molar-refractivity contribution in [2.45, 2.75) is 20.0 Å². The van der Waals surface area contributed by atoms with Crippen LogP contribution in [0, 0.1) is 6.92 Å². The smallest absolute Gasteiger partial charge is 0.231 e.